The van der Waals surface area contributed by atoms with Crippen molar-refractivity contribution in [3.05, 3.63) is 63.9 Å². The number of likely N-dealkylation sites (N-methyl/N-ethyl adjacent to an activating group) is 1. The fourth-order valence-electron chi connectivity index (χ4n) is 1.86. The monoisotopic (exact) mass is 296 g/mol. The number of rotatable bonds is 4. The lowest BCUT2D eigenvalue weighted by molar-refractivity contribution is -0.126. The Balaban J connectivity index is 2.03. The van der Waals surface area contributed by atoms with E-state index in [1.54, 1.807) is 47.6 Å². The topological polar surface area (TPSA) is 44.1 Å². The molecule has 0 bridgehead atoms. The van der Waals surface area contributed by atoms with E-state index in [0.29, 0.717) is 5.56 Å². The highest BCUT2D eigenvalue weighted by Gasteiger charge is 2.15. The van der Waals surface area contributed by atoms with E-state index in [4.69, 9.17) is 5.26 Å². The summed E-state index contributed by atoms with van der Waals surface area (Å²) in [6.45, 7) is 2.01. The average molecular weight is 296 g/mol. The molecule has 0 aliphatic carbocycles. The molecule has 1 aromatic heterocycles. The predicted molar refractivity (Wildman–Crippen MR) is 85.7 cm³/mol. The number of carbonyl (C=O) groups excluding carboxylic acids is 1. The summed E-state index contributed by atoms with van der Waals surface area (Å²) in [7, 11) is 1.80. The Morgan fingerprint density at radius 3 is 2.62 bits per heavy atom. The molecule has 1 atom stereocenters. The smallest absolute Gasteiger partial charge is 0.246 e. The first-order valence-electron chi connectivity index (χ1n) is 6.60. The molecule has 0 saturated heterocycles. The molecule has 1 heterocycles. The summed E-state index contributed by atoms with van der Waals surface area (Å²) in [5.74, 6) is -0.0414. The maximum Gasteiger partial charge on any atom is 0.246 e. The van der Waals surface area contributed by atoms with Gasteiger partial charge >= 0.3 is 0 Å². The van der Waals surface area contributed by atoms with E-state index >= 15 is 0 Å². The predicted octanol–water partition coefficient (Wildman–Crippen LogP) is 3.85. The van der Waals surface area contributed by atoms with Crippen LogP contribution < -0.4 is 0 Å². The second kappa shape index (κ2) is 6.87. The minimum Gasteiger partial charge on any atom is -0.335 e. The van der Waals surface area contributed by atoms with Crippen LogP contribution in [-0.2, 0) is 4.79 Å². The lowest BCUT2D eigenvalue weighted by Crippen LogP contribution is -2.27. The molecule has 0 saturated carbocycles. The molecule has 1 unspecified atom stereocenters. The average Bonchev–Trinajstić information content (AvgIpc) is 3.06. The van der Waals surface area contributed by atoms with Crippen LogP contribution in [0.1, 0.15) is 29.0 Å². The Bertz CT molecular complexity index is 666. The third kappa shape index (κ3) is 3.80. The zero-order valence-corrected chi connectivity index (χ0v) is 12.8. The van der Waals surface area contributed by atoms with E-state index < -0.39 is 0 Å². The second-order valence-electron chi connectivity index (χ2n) is 4.71. The number of nitriles is 1. The fraction of sp³-hybridized carbons (Fsp3) is 0.176. The first kappa shape index (κ1) is 15.0. The summed E-state index contributed by atoms with van der Waals surface area (Å²) in [6, 6.07) is 13.3. The van der Waals surface area contributed by atoms with E-state index in [1.165, 1.54) is 0 Å². The molecule has 0 N–H and O–H groups in total. The fourth-order valence-corrected chi connectivity index (χ4v) is 2.69. The van der Waals surface area contributed by atoms with Gasteiger partial charge in [0.15, 0.2) is 0 Å². The molecule has 4 heteroatoms. The van der Waals surface area contributed by atoms with Gasteiger partial charge in [0.05, 0.1) is 17.7 Å². The van der Waals surface area contributed by atoms with Crippen molar-refractivity contribution in [1.29, 1.82) is 5.26 Å². The van der Waals surface area contributed by atoms with E-state index in [0.717, 1.165) is 10.4 Å². The third-order valence-electron chi connectivity index (χ3n) is 3.34. The molecule has 0 aliphatic heterocycles. The molecule has 2 aromatic rings. The second-order valence-corrected chi connectivity index (χ2v) is 5.69. The molecule has 1 aromatic carbocycles. The van der Waals surface area contributed by atoms with Gasteiger partial charge in [0.2, 0.25) is 5.91 Å². The minimum atomic E-state index is -0.0414. The molecule has 3 nitrogen and oxygen atoms in total. The summed E-state index contributed by atoms with van der Waals surface area (Å²) < 4.78 is 0. The van der Waals surface area contributed by atoms with Crippen molar-refractivity contribution < 1.29 is 4.79 Å². The van der Waals surface area contributed by atoms with Crippen LogP contribution in [0.5, 0.6) is 0 Å². The van der Waals surface area contributed by atoms with Crippen molar-refractivity contribution in [2.45, 2.75) is 13.0 Å². The normalized spacial score (nSPS) is 12.0. The largest absolute Gasteiger partial charge is 0.335 e. The summed E-state index contributed by atoms with van der Waals surface area (Å²) in [5, 5.41) is 10.8. The van der Waals surface area contributed by atoms with Gasteiger partial charge in [-0.15, -0.1) is 11.3 Å². The molecular weight excluding hydrogens is 280 g/mol. The van der Waals surface area contributed by atoms with Gasteiger partial charge in [0.25, 0.3) is 0 Å². The van der Waals surface area contributed by atoms with Gasteiger partial charge in [-0.05, 0) is 42.1 Å². The van der Waals surface area contributed by atoms with Crippen molar-refractivity contribution in [3.8, 4) is 6.07 Å². The third-order valence-corrected chi connectivity index (χ3v) is 4.38. The van der Waals surface area contributed by atoms with E-state index in [1.807, 2.05) is 36.6 Å². The Morgan fingerprint density at radius 1 is 1.33 bits per heavy atom. The molecule has 0 aliphatic rings. The minimum absolute atomic E-state index is 0.0414. The highest BCUT2D eigenvalue weighted by atomic mass is 32.1. The number of nitrogens with zero attached hydrogens (tertiary/aromatic N) is 2. The molecule has 0 spiro atoms. The van der Waals surface area contributed by atoms with Crippen LogP contribution in [-0.4, -0.2) is 17.9 Å². The van der Waals surface area contributed by atoms with Crippen LogP contribution in [0.4, 0.5) is 0 Å². The quantitative estimate of drug-likeness (QED) is 0.804. The van der Waals surface area contributed by atoms with Crippen molar-refractivity contribution in [2.75, 3.05) is 7.05 Å². The van der Waals surface area contributed by atoms with Crippen LogP contribution in [0.15, 0.2) is 47.9 Å². The first-order chi connectivity index (χ1) is 10.1. The summed E-state index contributed by atoms with van der Waals surface area (Å²) >= 11 is 1.65. The number of carbonyl (C=O) groups is 1. The van der Waals surface area contributed by atoms with Crippen LogP contribution in [0.2, 0.25) is 0 Å². The van der Waals surface area contributed by atoms with Crippen molar-refractivity contribution in [2.24, 2.45) is 0 Å². The van der Waals surface area contributed by atoms with Crippen molar-refractivity contribution in [1.82, 2.24) is 4.90 Å². The maximum atomic E-state index is 12.2. The van der Waals surface area contributed by atoms with Gasteiger partial charge in [-0.3, -0.25) is 4.79 Å². The summed E-state index contributed by atoms with van der Waals surface area (Å²) in [6.07, 6.45) is 3.33. The zero-order valence-electron chi connectivity index (χ0n) is 12.0. The molecule has 106 valence electrons. The summed E-state index contributed by atoms with van der Waals surface area (Å²) in [5.41, 5.74) is 1.52. The molecular formula is C17H16N2OS. The number of hydrogen-bond donors (Lipinski definition) is 0. The Labute approximate surface area is 128 Å². The van der Waals surface area contributed by atoms with Crippen molar-refractivity contribution >= 4 is 23.3 Å². The highest BCUT2D eigenvalue weighted by Crippen LogP contribution is 2.23. The van der Waals surface area contributed by atoms with Gasteiger partial charge < -0.3 is 4.90 Å². The molecule has 2 rings (SSSR count). The Morgan fingerprint density at radius 2 is 2.05 bits per heavy atom. The van der Waals surface area contributed by atoms with Gasteiger partial charge in [-0.25, -0.2) is 0 Å². The molecule has 1 amide bonds. The first-order valence-corrected chi connectivity index (χ1v) is 7.48. The number of thiophene rings is 1. The molecule has 21 heavy (non-hydrogen) atoms. The number of hydrogen-bond acceptors (Lipinski definition) is 3. The van der Waals surface area contributed by atoms with Crippen LogP contribution in [0.25, 0.3) is 6.08 Å². The van der Waals surface area contributed by atoms with E-state index in [9.17, 15) is 4.79 Å². The van der Waals surface area contributed by atoms with E-state index in [-0.39, 0.29) is 11.9 Å². The lowest BCUT2D eigenvalue weighted by Gasteiger charge is -2.22. The zero-order chi connectivity index (χ0) is 15.2. The van der Waals surface area contributed by atoms with Gasteiger partial charge in [-0.2, -0.15) is 5.26 Å². The van der Waals surface area contributed by atoms with Crippen molar-refractivity contribution in [3.63, 3.8) is 0 Å². The van der Waals surface area contributed by atoms with E-state index in [2.05, 4.69) is 6.07 Å². The maximum absolute atomic E-state index is 12.2. The van der Waals surface area contributed by atoms with Gasteiger partial charge in [0, 0.05) is 18.0 Å². The standard InChI is InChI=1S/C17H16N2OS/c1-13(16-4-3-11-21-16)19(2)17(20)10-9-14-5-7-15(12-18)8-6-14/h3-11,13H,1-2H3/b10-9+. The van der Waals surface area contributed by atoms with Crippen LogP contribution in [0.3, 0.4) is 0 Å². The lowest BCUT2D eigenvalue weighted by atomic mass is 10.1. The Hall–Kier alpha value is -2.38. The van der Waals surface area contributed by atoms with Gasteiger partial charge in [0.1, 0.15) is 0 Å². The highest BCUT2D eigenvalue weighted by molar-refractivity contribution is 7.10. The Kier molecular flexibility index (Phi) is 4.91. The summed E-state index contributed by atoms with van der Waals surface area (Å²) in [4.78, 5) is 15.0. The number of benzene rings is 1. The van der Waals surface area contributed by atoms with Crippen LogP contribution in [0, 0.1) is 11.3 Å². The molecule has 0 fully saturated rings. The van der Waals surface area contributed by atoms with Gasteiger partial charge in [-0.1, -0.05) is 18.2 Å². The number of amides is 1. The van der Waals surface area contributed by atoms with Crippen LogP contribution >= 0.6 is 11.3 Å². The molecule has 0 radical (unpaired) electrons. The SMILES string of the molecule is CC(c1cccs1)N(C)C(=O)/C=C/c1ccc(C#N)cc1.